The van der Waals surface area contributed by atoms with Crippen LogP contribution in [-0.4, -0.2) is 39.0 Å². The standard InChI is InChI=1S/C13H18F2N2O2S/c1-2-17-7-3-4-11(17)9-16-20(18,19)13-6-5-10(14)8-12(13)15/h5-6,8,11,16H,2-4,7,9H2,1H3. The normalized spacial score (nSPS) is 20.4. The molecule has 4 nitrogen and oxygen atoms in total. The Morgan fingerprint density at radius 2 is 2.15 bits per heavy atom. The SMILES string of the molecule is CCN1CCCC1CNS(=O)(=O)c1ccc(F)cc1F. The second-order valence-corrected chi connectivity index (χ2v) is 6.59. The lowest BCUT2D eigenvalue weighted by atomic mass is 10.2. The van der Waals surface area contributed by atoms with Crippen LogP contribution in [0.2, 0.25) is 0 Å². The van der Waals surface area contributed by atoms with Gasteiger partial charge in [-0.1, -0.05) is 6.92 Å². The molecule has 1 aliphatic heterocycles. The van der Waals surface area contributed by atoms with Crippen LogP contribution in [0.4, 0.5) is 8.78 Å². The van der Waals surface area contributed by atoms with Gasteiger partial charge < -0.3 is 0 Å². The smallest absolute Gasteiger partial charge is 0.243 e. The van der Waals surface area contributed by atoms with Crippen molar-refractivity contribution in [3.8, 4) is 0 Å². The molecule has 0 saturated carbocycles. The predicted octanol–water partition coefficient (Wildman–Crippen LogP) is 1.73. The molecule has 0 aliphatic carbocycles. The van der Waals surface area contributed by atoms with Crippen LogP contribution < -0.4 is 4.72 Å². The number of nitrogens with one attached hydrogen (secondary N) is 1. The Labute approximate surface area is 117 Å². The molecule has 1 fully saturated rings. The number of hydrogen-bond acceptors (Lipinski definition) is 3. The Morgan fingerprint density at radius 1 is 1.40 bits per heavy atom. The van der Waals surface area contributed by atoms with E-state index in [1.54, 1.807) is 0 Å². The first-order valence-corrected chi connectivity index (χ1v) is 8.11. The van der Waals surface area contributed by atoms with Crippen LogP contribution in [0, 0.1) is 11.6 Å². The number of benzene rings is 1. The molecular weight excluding hydrogens is 286 g/mol. The Bertz CT molecular complexity index is 578. The van der Waals surface area contributed by atoms with Gasteiger partial charge in [-0.25, -0.2) is 21.9 Å². The number of halogens is 2. The zero-order valence-electron chi connectivity index (χ0n) is 11.3. The average molecular weight is 304 g/mol. The zero-order valence-corrected chi connectivity index (χ0v) is 12.1. The van der Waals surface area contributed by atoms with Gasteiger partial charge in [0.05, 0.1) is 0 Å². The number of likely N-dealkylation sites (N-methyl/N-ethyl adjacent to an activating group) is 1. The first kappa shape index (κ1) is 15.3. The molecule has 0 amide bonds. The van der Waals surface area contributed by atoms with Crippen LogP contribution in [-0.2, 0) is 10.0 Å². The van der Waals surface area contributed by atoms with Gasteiger partial charge in [-0.05, 0) is 38.1 Å². The summed E-state index contributed by atoms with van der Waals surface area (Å²) in [6.45, 7) is 4.07. The number of rotatable bonds is 5. The van der Waals surface area contributed by atoms with Gasteiger partial charge in [-0.3, -0.25) is 4.90 Å². The van der Waals surface area contributed by atoms with Crippen molar-refractivity contribution in [2.75, 3.05) is 19.6 Å². The molecule has 0 spiro atoms. The van der Waals surface area contributed by atoms with Crippen LogP contribution >= 0.6 is 0 Å². The largest absolute Gasteiger partial charge is 0.299 e. The lowest BCUT2D eigenvalue weighted by Gasteiger charge is -2.22. The van der Waals surface area contributed by atoms with Crippen molar-refractivity contribution in [1.82, 2.24) is 9.62 Å². The third kappa shape index (κ3) is 3.34. The summed E-state index contributed by atoms with van der Waals surface area (Å²) in [6.07, 6.45) is 1.95. The highest BCUT2D eigenvalue weighted by Crippen LogP contribution is 2.18. The van der Waals surface area contributed by atoms with Crippen molar-refractivity contribution in [1.29, 1.82) is 0 Å². The number of sulfonamides is 1. The van der Waals surface area contributed by atoms with Crippen LogP contribution in [0.25, 0.3) is 0 Å². The van der Waals surface area contributed by atoms with E-state index in [9.17, 15) is 17.2 Å². The average Bonchev–Trinajstić information content (AvgIpc) is 2.83. The van der Waals surface area contributed by atoms with Crippen molar-refractivity contribution in [2.24, 2.45) is 0 Å². The second-order valence-electron chi connectivity index (χ2n) is 4.85. The van der Waals surface area contributed by atoms with Gasteiger partial charge in [-0.15, -0.1) is 0 Å². The molecule has 0 bridgehead atoms. The zero-order chi connectivity index (χ0) is 14.8. The molecule has 0 radical (unpaired) electrons. The molecule has 1 heterocycles. The molecule has 20 heavy (non-hydrogen) atoms. The number of nitrogens with zero attached hydrogens (tertiary/aromatic N) is 1. The third-order valence-electron chi connectivity index (χ3n) is 3.60. The summed E-state index contributed by atoms with van der Waals surface area (Å²) in [5.41, 5.74) is 0. The van der Waals surface area contributed by atoms with Gasteiger partial charge in [-0.2, -0.15) is 0 Å². The maximum Gasteiger partial charge on any atom is 0.243 e. The van der Waals surface area contributed by atoms with E-state index in [4.69, 9.17) is 0 Å². The summed E-state index contributed by atoms with van der Waals surface area (Å²) in [7, 11) is -3.95. The molecule has 1 saturated heterocycles. The van der Waals surface area contributed by atoms with E-state index in [1.165, 1.54) is 0 Å². The molecule has 0 aromatic heterocycles. The summed E-state index contributed by atoms with van der Waals surface area (Å²) in [4.78, 5) is 1.67. The Balaban J connectivity index is 2.07. The maximum absolute atomic E-state index is 13.5. The molecule has 1 unspecified atom stereocenters. The van der Waals surface area contributed by atoms with Crippen molar-refractivity contribution in [3.05, 3.63) is 29.8 Å². The summed E-state index contributed by atoms with van der Waals surface area (Å²) >= 11 is 0. The number of likely N-dealkylation sites (tertiary alicyclic amines) is 1. The minimum absolute atomic E-state index is 0.137. The van der Waals surface area contributed by atoms with E-state index in [-0.39, 0.29) is 12.6 Å². The van der Waals surface area contributed by atoms with Gasteiger partial charge in [0.25, 0.3) is 0 Å². The van der Waals surface area contributed by atoms with Crippen LogP contribution in [0.3, 0.4) is 0 Å². The molecule has 1 atom stereocenters. The summed E-state index contributed by atoms with van der Waals surface area (Å²) in [5, 5.41) is 0. The van der Waals surface area contributed by atoms with E-state index in [1.807, 2.05) is 6.92 Å². The highest BCUT2D eigenvalue weighted by atomic mass is 32.2. The highest BCUT2D eigenvalue weighted by molar-refractivity contribution is 7.89. The van der Waals surface area contributed by atoms with E-state index < -0.39 is 26.6 Å². The van der Waals surface area contributed by atoms with Gasteiger partial charge in [0.15, 0.2) is 0 Å². The minimum Gasteiger partial charge on any atom is -0.299 e. The van der Waals surface area contributed by atoms with E-state index in [0.29, 0.717) is 6.07 Å². The third-order valence-corrected chi connectivity index (χ3v) is 5.05. The van der Waals surface area contributed by atoms with Crippen molar-refractivity contribution in [2.45, 2.75) is 30.7 Å². The molecule has 1 aliphatic rings. The molecule has 112 valence electrons. The molecular formula is C13H18F2N2O2S. The van der Waals surface area contributed by atoms with Crippen LogP contribution in [0.15, 0.2) is 23.1 Å². The maximum atomic E-state index is 13.5. The number of hydrogen-bond donors (Lipinski definition) is 1. The van der Waals surface area contributed by atoms with Crippen molar-refractivity contribution >= 4 is 10.0 Å². The molecule has 2 rings (SSSR count). The van der Waals surface area contributed by atoms with Gasteiger partial charge in [0, 0.05) is 18.7 Å². The van der Waals surface area contributed by atoms with Gasteiger partial charge in [0.2, 0.25) is 10.0 Å². The minimum atomic E-state index is -3.95. The van der Waals surface area contributed by atoms with Crippen LogP contribution in [0.5, 0.6) is 0 Å². The predicted molar refractivity (Wildman–Crippen MR) is 71.8 cm³/mol. The Kier molecular flexibility index (Phi) is 4.72. The van der Waals surface area contributed by atoms with E-state index >= 15 is 0 Å². The highest BCUT2D eigenvalue weighted by Gasteiger charge is 2.26. The summed E-state index contributed by atoms with van der Waals surface area (Å²) < 4.78 is 52.8. The Hall–Kier alpha value is -1.05. The fraction of sp³-hybridized carbons (Fsp3) is 0.538. The first-order valence-electron chi connectivity index (χ1n) is 6.63. The molecule has 1 aromatic rings. The molecule has 7 heteroatoms. The van der Waals surface area contributed by atoms with E-state index in [0.717, 1.165) is 38.1 Å². The van der Waals surface area contributed by atoms with Gasteiger partial charge >= 0.3 is 0 Å². The van der Waals surface area contributed by atoms with Crippen molar-refractivity contribution in [3.63, 3.8) is 0 Å². The van der Waals surface area contributed by atoms with E-state index in [2.05, 4.69) is 9.62 Å². The second kappa shape index (κ2) is 6.15. The topological polar surface area (TPSA) is 49.4 Å². The fourth-order valence-corrected chi connectivity index (χ4v) is 3.65. The fourth-order valence-electron chi connectivity index (χ4n) is 2.52. The van der Waals surface area contributed by atoms with Crippen molar-refractivity contribution < 1.29 is 17.2 Å². The quantitative estimate of drug-likeness (QED) is 0.901. The summed E-state index contributed by atoms with van der Waals surface area (Å²) in [5.74, 6) is -1.87. The molecule has 1 N–H and O–H groups in total. The Morgan fingerprint density at radius 3 is 2.80 bits per heavy atom. The molecule has 1 aromatic carbocycles. The lowest BCUT2D eigenvalue weighted by molar-refractivity contribution is 0.268. The monoisotopic (exact) mass is 304 g/mol. The lowest BCUT2D eigenvalue weighted by Crippen LogP contribution is -2.40. The van der Waals surface area contributed by atoms with Gasteiger partial charge in [0.1, 0.15) is 16.5 Å². The first-order chi connectivity index (χ1) is 9.44. The summed E-state index contributed by atoms with van der Waals surface area (Å²) in [6, 6.07) is 2.59. The van der Waals surface area contributed by atoms with Crippen LogP contribution in [0.1, 0.15) is 19.8 Å².